The van der Waals surface area contributed by atoms with Gasteiger partial charge in [-0.2, -0.15) is 4.98 Å². The van der Waals surface area contributed by atoms with E-state index in [9.17, 15) is 4.79 Å². The summed E-state index contributed by atoms with van der Waals surface area (Å²) in [6, 6.07) is 0. The first-order valence-electron chi connectivity index (χ1n) is 5.84. The molecule has 0 aromatic carbocycles. The summed E-state index contributed by atoms with van der Waals surface area (Å²) in [5, 5.41) is 8.92. The number of rotatable bonds is 5. The van der Waals surface area contributed by atoms with Crippen molar-refractivity contribution in [2.24, 2.45) is 12.8 Å². The molecule has 1 atom stereocenters. The van der Waals surface area contributed by atoms with Gasteiger partial charge in [0.25, 0.3) is 0 Å². The van der Waals surface area contributed by atoms with Crippen molar-refractivity contribution in [2.75, 3.05) is 13.7 Å². The maximum Gasteiger partial charge on any atom is 0.304 e. The number of carboxylic acids is 1. The Morgan fingerprint density at radius 1 is 1.63 bits per heavy atom. The van der Waals surface area contributed by atoms with Crippen molar-refractivity contribution in [1.82, 2.24) is 14.5 Å². The summed E-state index contributed by atoms with van der Waals surface area (Å²) in [5.41, 5.74) is 7.79. The Morgan fingerprint density at radius 2 is 2.37 bits per heavy atom. The van der Waals surface area contributed by atoms with E-state index in [0.717, 1.165) is 5.56 Å². The zero-order chi connectivity index (χ0) is 14.0. The second-order valence-corrected chi connectivity index (χ2v) is 4.31. The minimum atomic E-state index is -0.881. The van der Waals surface area contributed by atoms with E-state index < -0.39 is 5.97 Å². The summed E-state index contributed by atoms with van der Waals surface area (Å²) < 4.78 is 6.83. The van der Waals surface area contributed by atoms with Crippen molar-refractivity contribution < 1.29 is 14.6 Å². The lowest BCUT2D eigenvalue weighted by Crippen LogP contribution is -2.16. The number of methoxy groups -OCH3 is 1. The van der Waals surface area contributed by atoms with Crippen molar-refractivity contribution in [3.8, 4) is 5.88 Å². The molecule has 0 spiro atoms. The van der Waals surface area contributed by atoms with Crippen LogP contribution in [0.5, 0.6) is 5.88 Å². The zero-order valence-electron chi connectivity index (χ0n) is 10.8. The normalized spacial score (nSPS) is 12.6. The summed E-state index contributed by atoms with van der Waals surface area (Å²) in [6.45, 7) is 0.249. The summed E-state index contributed by atoms with van der Waals surface area (Å²) >= 11 is 0. The number of nitrogens with zero attached hydrogens (tertiary/aromatic N) is 3. The third-order valence-electron chi connectivity index (χ3n) is 3.03. The highest BCUT2D eigenvalue weighted by Crippen LogP contribution is 2.27. The zero-order valence-corrected chi connectivity index (χ0v) is 10.8. The summed E-state index contributed by atoms with van der Waals surface area (Å²) in [7, 11) is 3.35. The summed E-state index contributed by atoms with van der Waals surface area (Å²) in [6.07, 6.45) is 3.31. The molecule has 2 heterocycles. The Bertz CT molecular complexity index is 608. The van der Waals surface area contributed by atoms with Gasteiger partial charge < -0.3 is 20.1 Å². The van der Waals surface area contributed by atoms with Crippen LogP contribution >= 0.6 is 0 Å². The average Bonchev–Trinajstić information content (AvgIpc) is 2.72. The van der Waals surface area contributed by atoms with Gasteiger partial charge in [0.1, 0.15) is 5.52 Å². The van der Waals surface area contributed by atoms with Gasteiger partial charge >= 0.3 is 5.97 Å². The number of hydrogen-bond acceptors (Lipinski definition) is 5. The van der Waals surface area contributed by atoms with Crippen molar-refractivity contribution in [3.63, 3.8) is 0 Å². The minimum absolute atomic E-state index is 0.0245. The lowest BCUT2D eigenvalue weighted by Gasteiger charge is -2.10. The Hall–Kier alpha value is -2.15. The molecule has 0 bridgehead atoms. The fraction of sp³-hybridized carbons (Fsp3) is 0.417. The standard InChI is InChI=1S/C12H16N4O3/c1-16-6-8(7(4-13)3-10(17)18)11-12(16)15-9(19-2)5-14-11/h5-7H,3-4,13H2,1-2H3,(H,17,18). The van der Waals surface area contributed by atoms with Crippen molar-refractivity contribution >= 4 is 17.1 Å². The van der Waals surface area contributed by atoms with Crippen LogP contribution in [-0.4, -0.2) is 39.3 Å². The van der Waals surface area contributed by atoms with Gasteiger partial charge in [-0.3, -0.25) is 4.79 Å². The van der Waals surface area contributed by atoms with Crippen molar-refractivity contribution in [1.29, 1.82) is 0 Å². The van der Waals surface area contributed by atoms with Crippen LogP contribution in [0.4, 0.5) is 0 Å². The van der Waals surface area contributed by atoms with Crippen LogP contribution in [0.25, 0.3) is 11.2 Å². The van der Waals surface area contributed by atoms with E-state index in [2.05, 4.69) is 9.97 Å². The Morgan fingerprint density at radius 3 is 2.95 bits per heavy atom. The van der Waals surface area contributed by atoms with E-state index in [4.69, 9.17) is 15.6 Å². The molecule has 0 fully saturated rings. The number of fused-ring (bicyclic) bond motifs is 1. The van der Waals surface area contributed by atoms with Gasteiger partial charge in [0, 0.05) is 24.7 Å². The molecule has 0 aliphatic rings. The maximum atomic E-state index is 10.9. The number of ether oxygens (including phenoxy) is 1. The van der Waals surface area contributed by atoms with Gasteiger partial charge in [0.2, 0.25) is 5.88 Å². The second kappa shape index (κ2) is 5.23. The Balaban J connectivity index is 2.51. The maximum absolute atomic E-state index is 10.9. The fourth-order valence-corrected chi connectivity index (χ4v) is 2.07. The molecule has 1 unspecified atom stereocenters. The van der Waals surface area contributed by atoms with Gasteiger partial charge in [-0.25, -0.2) is 4.98 Å². The third-order valence-corrected chi connectivity index (χ3v) is 3.03. The molecule has 102 valence electrons. The second-order valence-electron chi connectivity index (χ2n) is 4.31. The fourth-order valence-electron chi connectivity index (χ4n) is 2.07. The van der Waals surface area contributed by atoms with Gasteiger partial charge in [-0.15, -0.1) is 0 Å². The van der Waals surface area contributed by atoms with Crippen molar-refractivity contribution in [3.05, 3.63) is 18.0 Å². The number of aryl methyl sites for hydroxylation is 1. The van der Waals surface area contributed by atoms with E-state index in [0.29, 0.717) is 17.0 Å². The lowest BCUT2D eigenvalue weighted by atomic mass is 9.98. The first-order valence-corrected chi connectivity index (χ1v) is 5.84. The highest BCUT2D eigenvalue weighted by molar-refractivity contribution is 5.78. The number of aromatic nitrogens is 3. The van der Waals surface area contributed by atoms with Crippen molar-refractivity contribution in [2.45, 2.75) is 12.3 Å². The van der Waals surface area contributed by atoms with Crippen LogP contribution in [-0.2, 0) is 11.8 Å². The number of hydrogen-bond donors (Lipinski definition) is 2. The Labute approximate surface area is 110 Å². The molecule has 2 aromatic rings. The highest BCUT2D eigenvalue weighted by atomic mass is 16.5. The number of carbonyl (C=O) groups is 1. The molecule has 2 aromatic heterocycles. The lowest BCUT2D eigenvalue weighted by molar-refractivity contribution is -0.137. The summed E-state index contributed by atoms with van der Waals surface area (Å²) in [4.78, 5) is 19.5. The molecule has 7 nitrogen and oxygen atoms in total. The van der Waals surface area contributed by atoms with Crippen LogP contribution in [0.3, 0.4) is 0 Å². The predicted molar refractivity (Wildman–Crippen MR) is 69.1 cm³/mol. The van der Waals surface area contributed by atoms with Gasteiger partial charge in [-0.1, -0.05) is 0 Å². The molecule has 0 aliphatic carbocycles. The first kappa shape index (κ1) is 13.3. The molecular formula is C12H16N4O3. The largest absolute Gasteiger partial charge is 0.481 e. The molecular weight excluding hydrogens is 248 g/mol. The van der Waals surface area contributed by atoms with E-state index in [1.54, 1.807) is 4.57 Å². The van der Waals surface area contributed by atoms with Gasteiger partial charge in [0.15, 0.2) is 5.65 Å². The number of nitrogens with two attached hydrogens (primary N) is 1. The first-order chi connectivity index (χ1) is 9.06. The molecule has 3 N–H and O–H groups in total. The topological polar surface area (TPSA) is 103 Å². The molecule has 0 aliphatic heterocycles. The van der Waals surface area contributed by atoms with Gasteiger partial charge in [-0.05, 0) is 6.54 Å². The van der Waals surface area contributed by atoms with Crippen LogP contribution < -0.4 is 10.5 Å². The molecule has 7 heteroatoms. The van der Waals surface area contributed by atoms with E-state index in [1.807, 2.05) is 13.2 Å². The number of carboxylic acid groups (broad SMARTS) is 1. The van der Waals surface area contributed by atoms with Crippen LogP contribution in [0.1, 0.15) is 17.9 Å². The third kappa shape index (κ3) is 2.50. The van der Waals surface area contributed by atoms with Crippen LogP contribution in [0, 0.1) is 0 Å². The van der Waals surface area contributed by atoms with Gasteiger partial charge in [0.05, 0.1) is 19.7 Å². The SMILES string of the molecule is COc1cnc2c(C(CN)CC(=O)O)cn(C)c2n1. The molecule has 0 saturated heterocycles. The molecule has 0 radical (unpaired) electrons. The average molecular weight is 264 g/mol. The quantitative estimate of drug-likeness (QED) is 0.814. The van der Waals surface area contributed by atoms with E-state index >= 15 is 0 Å². The predicted octanol–water partition coefficient (Wildman–Crippen LogP) is 0.494. The Kier molecular flexibility index (Phi) is 3.66. The summed E-state index contributed by atoms with van der Waals surface area (Å²) in [5.74, 6) is -0.736. The molecule has 2 rings (SSSR count). The minimum Gasteiger partial charge on any atom is -0.481 e. The monoisotopic (exact) mass is 264 g/mol. The molecule has 0 saturated carbocycles. The van der Waals surface area contributed by atoms with Crippen LogP contribution in [0.2, 0.25) is 0 Å². The highest BCUT2D eigenvalue weighted by Gasteiger charge is 2.20. The van der Waals surface area contributed by atoms with E-state index in [1.165, 1.54) is 13.3 Å². The molecule has 0 amide bonds. The smallest absolute Gasteiger partial charge is 0.304 e. The van der Waals surface area contributed by atoms with Crippen LogP contribution in [0.15, 0.2) is 12.4 Å². The number of aliphatic carboxylic acids is 1. The molecule has 19 heavy (non-hydrogen) atoms. The van der Waals surface area contributed by atoms with E-state index in [-0.39, 0.29) is 18.9 Å².